The summed E-state index contributed by atoms with van der Waals surface area (Å²) in [7, 11) is -3.87. The van der Waals surface area contributed by atoms with Crippen molar-refractivity contribution in [1.82, 2.24) is 4.31 Å². The summed E-state index contributed by atoms with van der Waals surface area (Å²) in [5.41, 5.74) is 0.697. The van der Waals surface area contributed by atoms with E-state index in [2.05, 4.69) is 0 Å². The van der Waals surface area contributed by atoms with Gasteiger partial charge < -0.3 is 10.2 Å². The molecule has 0 radical (unpaired) electrons. The Kier molecular flexibility index (Phi) is 4.22. The SMILES string of the molecule is O=C(O)C1CC(O)CN1S(=O)(=O)/C=C/c1ccccc1. The molecule has 108 valence electrons. The van der Waals surface area contributed by atoms with E-state index >= 15 is 0 Å². The van der Waals surface area contributed by atoms with Gasteiger partial charge in [0.05, 0.1) is 6.10 Å². The van der Waals surface area contributed by atoms with Crippen LogP contribution >= 0.6 is 0 Å². The number of sulfonamides is 1. The maximum atomic E-state index is 12.1. The van der Waals surface area contributed by atoms with Crippen molar-refractivity contribution in [3.8, 4) is 0 Å². The van der Waals surface area contributed by atoms with Crippen LogP contribution in [0, 0.1) is 0 Å². The van der Waals surface area contributed by atoms with Gasteiger partial charge in [-0.3, -0.25) is 4.79 Å². The highest BCUT2D eigenvalue weighted by molar-refractivity contribution is 7.92. The van der Waals surface area contributed by atoms with Gasteiger partial charge in [0.15, 0.2) is 0 Å². The van der Waals surface area contributed by atoms with Crippen molar-refractivity contribution in [2.24, 2.45) is 0 Å². The first-order chi connectivity index (χ1) is 9.40. The topological polar surface area (TPSA) is 94.9 Å². The van der Waals surface area contributed by atoms with E-state index in [4.69, 9.17) is 5.11 Å². The van der Waals surface area contributed by atoms with Crippen molar-refractivity contribution >= 4 is 22.1 Å². The fraction of sp³-hybridized carbons (Fsp3) is 0.308. The molecule has 0 amide bonds. The van der Waals surface area contributed by atoms with Gasteiger partial charge in [0, 0.05) is 18.4 Å². The first-order valence-corrected chi connectivity index (χ1v) is 7.56. The molecular weight excluding hydrogens is 282 g/mol. The van der Waals surface area contributed by atoms with Crippen molar-refractivity contribution < 1.29 is 23.4 Å². The molecule has 2 atom stereocenters. The van der Waals surface area contributed by atoms with Gasteiger partial charge in [-0.2, -0.15) is 4.31 Å². The van der Waals surface area contributed by atoms with Crippen LogP contribution in [0.25, 0.3) is 6.08 Å². The van der Waals surface area contributed by atoms with Crippen molar-refractivity contribution in [2.75, 3.05) is 6.54 Å². The zero-order valence-electron chi connectivity index (χ0n) is 10.6. The fourth-order valence-electron chi connectivity index (χ4n) is 2.10. The lowest BCUT2D eigenvalue weighted by Crippen LogP contribution is -2.39. The maximum Gasteiger partial charge on any atom is 0.322 e. The van der Waals surface area contributed by atoms with Gasteiger partial charge in [-0.15, -0.1) is 0 Å². The molecule has 0 bridgehead atoms. The zero-order valence-corrected chi connectivity index (χ0v) is 11.4. The second-order valence-corrected chi connectivity index (χ2v) is 6.34. The maximum absolute atomic E-state index is 12.1. The second-order valence-electron chi connectivity index (χ2n) is 4.57. The van der Waals surface area contributed by atoms with Crippen LogP contribution < -0.4 is 0 Å². The number of carboxylic acids is 1. The second kappa shape index (κ2) is 5.74. The minimum absolute atomic E-state index is 0.0895. The van der Waals surface area contributed by atoms with Crippen LogP contribution in [0.3, 0.4) is 0 Å². The average Bonchev–Trinajstić information content (AvgIpc) is 2.81. The number of benzene rings is 1. The number of rotatable bonds is 4. The molecule has 20 heavy (non-hydrogen) atoms. The average molecular weight is 297 g/mol. The van der Waals surface area contributed by atoms with Gasteiger partial charge >= 0.3 is 5.97 Å². The smallest absolute Gasteiger partial charge is 0.322 e. The number of aliphatic carboxylic acids is 1. The predicted octanol–water partition coefficient (Wildman–Crippen LogP) is 0.507. The van der Waals surface area contributed by atoms with Crippen LogP contribution in [-0.4, -0.2) is 47.6 Å². The van der Waals surface area contributed by atoms with Crippen molar-refractivity contribution in [2.45, 2.75) is 18.6 Å². The van der Waals surface area contributed by atoms with Gasteiger partial charge in [-0.1, -0.05) is 30.3 Å². The minimum Gasteiger partial charge on any atom is -0.480 e. The minimum atomic E-state index is -3.87. The number of carbonyl (C=O) groups is 1. The van der Waals surface area contributed by atoms with E-state index in [0.29, 0.717) is 5.56 Å². The number of carboxylic acid groups (broad SMARTS) is 1. The first kappa shape index (κ1) is 14.7. The van der Waals surface area contributed by atoms with Crippen LogP contribution in [0.15, 0.2) is 35.7 Å². The summed E-state index contributed by atoms with van der Waals surface area (Å²) >= 11 is 0. The molecule has 1 fully saturated rings. The summed E-state index contributed by atoms with van der Waals surface area (Å²) < 4.78 is 25.1. The van der Waals surface area contributed by atoms with Crippen molar-refractivity contribution in [3.63, 3.8) is 0 Å². The first-order valence-electron chi connectivity index (χ1n) is 6.06. The molecule has 1 aromatic rings. The Hall–Kier alpha value is -1.70. The molecule has 1 saturated heterocycles. The molecule has 1 aliphatic rings. The van der Waals surface area contributed by atoms with Crippen molar-refractivity contribution in [1.29, 1.82) is 0 Å². The highest BCUT2D eigenvalue weighted by Crippen LogP contribution is 2.23. The zero-order chi connectivity index (χ0) is 14.8. The number of aliphatic hydroxyl groups excluding tert-OH is 1. The number of hydrogen-bond acceptors (Lipinski definition) is 4. The summed E-state index contributed by atoms with van der Waals surface area (Å²) in [4.78, 5) is 11.0. The van der Waals surface area contributed by atoms with E-state index in [1.807, 2.05) is 6.07 Å². The summed E-state index contributed by atoms with van der Waals surface area (Å²) in [5.74, 6) is -1.25. The van der Waals surface area contributed by atoms with Crippen molar-refractivity contribution in [3.05, 3.63) is 41.3 Å². The lowest BCUT2D eigenvalue weighted by Gasteiger charge is -2.18. The third kappa shape index (κ3) is 3.24. The van der Waals surface area contributed by atoms with Crippen LogP contribution in [-0.2, 0) is 14.8 Å². The van der Waals surface area contributed by atoms with Gasteiger partial charge in [-0.25, -0.2) is 8.42 Å². The van der Waals surface area contributed by atoms with Crippen LogP contribution in [0.2, 0.25) is 0 Å². The molecule has 2 rings (SSSR count). The molecule has 0 saturated carbocycles. The Morgan fingerprint density at radius 1 is 1.30 bits per heavy atom. The number of β-amino-alcohol motifs (C(OH)–C–C–N with tert-alkyl or cyclic N) is 1. The number of nitrogens with zero attached hydrogens (tertiary/aromatic N) is 1. The normalized spacial score (nSPS) is 24.2. The summed E-state index contributed by atoms with van der Waals surface area (Å²) in [6.07, 6.45) is 0.364. The Bertz CT molecular complexity index is 611. The van der Waals surface area contributed by atoms with Gasteiger partial charge in [0.1, 0.15) is 6.04 Å². The van der Waals surface area contributed by atoms with E-state index in [1.165, 1.54) is 6.08 Å². The summed E-state index contributed by atoms with van der Waals surface area (Å²) in [6, 6.07) is 7.61. The van der Waals surface area contributed by atoms with E-state index in [1.54, 1.807) is 24.3 Å². The van der Waals surface area contributed by atoms with E-state index in [0.717, 1.165) is 9.71 Å². The summed E-state index contributed by atoms with van der Waals surface area (Å²) in [6.45, 7) is -0.196. The molecule has 2 N–H and O–H groups in total. The fourth-order valence-corrected chi connectivity index (χ4v) is 3.49. The third-order valence-electron chi connectivity index (χ3n) is 3.08. The van der Waals surface area contributed by atoms with Crippen LogP contribution in [0.5, 0.6) is 0 Å². The molecule has 7 heteroatoms. The van der Waals surface area contributed by atoms with Gasteiger partial charge in [0.2, 0.25) is 10.0 Å². The lowest BCUT2D eigenvalue weighted by atomic mass is 10.2. The highest BCUT2D eigenvalue weighted by Gasteiger charge is 2.41. The quantitative estimate of drug-likeness (QED) is 0.844. The molecule has 6 nitrogen and oxygen atoms in total. The monoisotopic (exact) mass is 297 g/mol. The Balaban J connectivity index is 2.22. The lowest BCUT2D eigenvalue weighted by molar-refractivity contribution is -0.140. The molecule has 1 heterocycles. The van der Waals surface area contributed by atoms with E-state index < -0.39 is 28.1 Å². The van der Waals surface area contributed by atoms with Gasteiger partial charge in [-0.05, 0) is 11.6 Å². The highest BCUT2D eigenvalue weighted by atomic mass is 32.2. The molecule has 0 spiro atoms. The molecular formula is C13H15NO5S. The number of hydrogen-bond donors (Lipinski definition) is 2. The standard InChI is InChI=1S/C13H15NO5S/c15-11-8-12(13(16)17)14(9-11)20(18,19)7-6-10-4-2-1-3-5-10/h1-7,11-12,15H,8-9H2,(H,16,17)/b7-6+. The van der Waals surface area contributed by atoms with E-state index in [9.17, 15) is 18.3 Å². The molecule has 1 aromatic carbocycles. The van der Waals surface area contributed by atoms with Gasteiger partial charge in [0.25, 0.3) is 0 Å². The Morgan fingerprint density at radius 2 is 1.95 bits per heavy atom. The number of aliphatic hydroxyl groups is 1. The Labute approximate surface area is 117 Å². The summed E-state index contributed by atoms with van der Waals surface area (Å²) in [5, 5.41) is 19.5. The van der Waals surface area contributed by atoms with Crippen LogP contribution in [0.4, 0.5) is 0 Å². The molecule has 0 aliphatic carbocycles. The predicted molar refractivity (Wildman–Crippen MR) is 73.1 cm³/mol. The van der Waals surface area contributed by atoms with Crippen LogP contribution in [0.1, 0.15) is 12.0 Å². The van der Waals surface area contributed by atoms with E-state index in [-0.39, 0.29) is 13.0 Å². The third-order valence-corrected chi connectivity index (χ3v) is 4.61. The Morgan fingerprint density at radius 3 is 2.55 bits per heavy atom. The molecule has 0 aromatic heterocycles. The molecule has 2 unspecified atom stereocenters. The molecule has 1 aliphatic heterocycles. The largest absolute Gasteiger partial charge is 0.480 e.